The van der Waals surface area contributed by atoms with E-state index in [1.54, 1.807) is 0 Å². The van der Waals surface area contributed by atoms with Gasteiger partial charge in [0.2, 0.25) is 0 Å². The summed E-state index contributed by atoms with van der Waals surface area (Å²) in [5, 5.41) is 1.16. The van der Waals surface area contributed by atoms with Crippen molar-refractivity contribution in [2.75, 3.05) is 6.61 Å². The third-order valence-corrected chi connectivity index (χ3v) is 2.67. The van der Waals surface area contributed by atoms with Gasteiger partial charge in [0.1, 0.15) is 0 Å². The van der Waals surface area contributed by atoms with E-state index in [4.69, 9.17) is 4.74 Å². The standard InChI is InChI=1S/C9H11O.ClH.Zn/c1-3-10-9-7-5-4-6-8(9)2;;/h4-7H,2-3H2,1H3;1H;/q;;+1/p-1. The van der Waals surface area contributed by atoms with Gasteiger partial charge in [-0.05, 0) is 0 Å². The summed E-state index contributed by atoms with van der Waals surface area (Å²) in [5.41, 5.74) is 1.34. The first-order valence-electron chi connectivity index (χ1n) is 3.88. The fraction of sp³-hybridized carbons (Fsp3) is 0.333. The Balaban J connectivity index is 0.00000121. The third-order valence-electron chi connectivity index (χ3n) is 1.54. The van der Waals surface area contributed by atoms with E-state index in [0.717, 1.165) is 17.4 Å². The van der Waals surface area contributed by atoms with Gasteiger partial charge in [-0.3, -0.25) is 0 Å². The van der Waals surface area contributed by atoms with Crippen LogP contribution in [0.15, 0.2) is 24.3 Å². The van der Waals surface area contributed by atoms with Crippen LogP contribution in [-0.4, -0.2) is 6.61 Å². The van der Waals surface area contributed by atoms with E-state index in [9.17, 15) is 0 Å². The number of halogens is 1. The molecule has 0 aliphatic carbocycles. The van der Waals surface area contributed by atoms with Gasteiger partial charge in [0.15, 0.2) is 0 Å². The number of hydrogen-bond acceptors (Lipinski definition) is 1. The third kappa shape index (κ3) is 3.12. The van der Waals surface area contributed by atoms with E-state index < -0.39 is 0 Å². The average molecular weight is 236 g/mol. The quantitative estimate of drug-likeness (QED) is 0.620. The number of hydrogen-bond donors (Lipinski definition) is 0. The molecule has 12 heavy (non-hydrogen) atoms. The summed E-state index contributed by atoms with van der Waals surface area (Å²) in [7, 11) is 0. The van der Waals surface area contributed by atoms with Crippen LogP contribution >= 0.6 is 0 Å². The second kappa shape index (κ2) is 6.45. The van der Waals surface area contributed by atoms with Crippen molar-refractivity contribution in [2.45, 2.75) is 11.9 Å². The average Bonchev–Trinajstić information content (AvgIpc) is 2.06. The van der Waals surface area contributed by atoms with Crippen molar-refractivity contribution in [3.05, 3.63) is 29.8 Å². The Morgan fingerprint density at radius 3 is 2.58 bits per heavy atom. The Kier molecular flexibility index (Phi) is 6.41. The predicted octanol–water partition coefficient (Wildman–Crippen LogP) is -0.864. The van der Waals surface area contributed by atoms with Gasteiger partial charge in [0, 0.05) is 0 Å². The van der Waals surface area contributed by atoms with Crippen LogP contribution in [0.2, 0.25) is 0 Å². The Morgan fingerprint density at radius 2 is 2.00 bits per heavy atom. The molecule has 0 fully saturated rings. The van der Waals surface area contributed by atoms with E-state index in [1.807, 2.05) is 19.1 Å². The van der Waals surface area contributed by atoms with E-state index in [0.29, 0.717) is 0 Å². The molecular formula is C9H11ClOZn. The first-order valence-corrected chi connectivity index (χ1v) is 5.98. The van der Waals surface area contributed by atoms with Crippen molar-refractivity contribution in [2.24, 2.45) is 0 Å². The second-order valence-corrected chi connectivity index (χ2v) is 3.34. The normalized spacial score (nSPS) is 8.92. The van der Waals surface area contributed by atoms with Gasteiger partial charge in [-0.1, -0.05) is 0 Å². The number of rotatable bonds is 3. The van der Waals surface area contributed by atoms with Crippen molar-refractivity contribution >= 4 is 0 Å². The molecule has 0 bridgehead atoms. The fourth-order valence-electron chi connectivity index (χ4n) is 1.01. The SMILES string of the molecule is CCOc1ccccc1[CH2][Zn+].[Cl-]. The molecule has 0 radical (unpaired) electrons. The van der Waals surface area contributed by atoms with Gasteiger partial charge in [-0.25, -0.2) is 0 Å². The molecule has 0 aliphatic rings. The maximum atomic E-state index is 5.45. The van der Waals surface area contributed by atoms with Crippen molar-refractivity contribution < 1.29 is 35.4 Å². The summed E-state index contributed by atoms with van der Waals surface area (Å²) >= 11 is 1.30. The van der Waals surface area contributed by atoms with E-state index in [-0.39, 0.29) is 12.4 Å². The van der Waals surface area contributed by atoms with Crippen LogP contribution in [0, 0.1) is 0 Å². The summed E-state index contributed by atoms with van der Waals surface area (Å²) in [5.74, 6) is 1.06. The Bertz CT molecular complexity index is 228. The zero-order chi connectivity index (χ0) is 8.10. The molecule has 1 aromatic rings. The van der Waals surface area contributed by atoms with Crippen LogP contribution in [0.5, 0.6) is 5.75 Å². The van der Waals surface area contributed by atoms with Crippen molar-refractivity contribution in [3.8, 4) is 5.75 Å². The molecule has 0 atom stereocenters. The van der Waals surface area contributed by atoms with Gasteiger partial charge in [0.05, 0.1) is 0 Å². The zero-order valence-corrected chi connectivity index (χ0v) is 10.9. The molecule has 0 unspecified atom stereocenters. The van der Waals surface area contributed by atoms with E-state index in [2.05, 4.69) is 12.1 Å². The van der Waals surface area contributed by atoms with Crippen molar-refractivity contribution in [1.82, 2.24) is 0 Å². The Hall–Kier alpha value is -0.0666. The molecule has 0 saturated carbocycles. The second-order valence-electron chi connectivity index (χ2n) is 2.29. The summed E-state index contributed by atoms with van der Waals surface area (Å²) in [6.45, 7) is 2.78. The molecule has 1 rings (SSSR count). The maximum Gasteiger partial charge on any atom is -1.00 e. The minimum absolute atomic E-state index is 0. The Labute approximate surface area is 89.6 Å². The summed E-state index contributed by atoms with van der Waals surface area (Å²) in [4.78, 5) is 0. The summed E-state index contributed by atoms with van der Waals surface area (Å²) in [6, 6.07) is 8.25. The molecule has 62 valence electrons. The van der Waals surface area contributed by atoms with Crippen LogP contribution < -0.4 is 17.1 Å². The molecule has 0 N–H and O–H groups in total. The minimum atomic E-state index is 0. The topological polar surface area (TPSA) is 9.23 Å². The monoisotopic (exact) mass is 234 g/mol. The molecular weight excluding hydrogens is 225 g/mol. The number of ether oxygens (including phenoxy) is 1. The van der Waals surface area contributed by atoms with Crippen LogP contribution in [-0.2, 0) is 23.3 Å². The molecule has 0 saturated heterocycles. The van der Waals surface area contributed by atoms with Crippen LogP contribution in [0.3, 0.4) is 0 Å². The van der Waals surface area contributed by atoms with Gasteiger partial charge < -0.3 is 12.4 Å². The van der Waals surface area contributed by atoms with Crippen LogP contribution in [0.25, 0.3) is 0 Å². The molecule has 0 spiro atoms. The molecule has 1 aromatic carbocycles. The zero-order valence-electron chi connectivity index (χ0n) is 7.22. The van der Waals surface area contributed by atoms with Crippen LogP contribution in [0.4, 0.5) is 0 Å². The largest absolute Gasteiger partial charge is 1.00 e. The predicted molar refractivity (Wildman–Crippen MR) is 41.3 cm³/mol. The van der Waals surface area contributed by atoms with E-state index in [1.165, 1.54) is 23.9 Å². The van der Waals surface area contributed by atoms with Crippen LogP contribution in [0.1, 0.15) is 12.5 Å². The van der Waals surface area contributed by atoms with Crippen molar-refractivity contribution in [3.63, 3.8) is 0 Å². The number of benzene rings is 1. The minimum Gasteiger partial charge on any atom is -1.00 e. The van der Waals surface area contributed by atoms with Crippen molar-refractivity contribution in [1.29, 1.82) is 0 Å². The summed E-state index contributed by atoms with van der Waals surface area (Å²) in [6.07, 6.45) is 0. The fourth-order valence-corrected chi connectivity index (χ4v) is 1.87. The Morgan fingerprint density at radius 1 is 1.33 bits per heavy atom. The van der Waals surface area contributed by atoms with Gasteiger partial charge in [-0.2, -0.15) is 0 Å². The molecule has 0 heterocycles. The van der Waals surface area contributed by atoms with Gasteiger partial charge >= 0.3 is 77.2 Å². The number of para-hydroxylation sites is 1. The maximum absolute atomic E-state index is 5.45. The van der Waals surface area contributed by atoms with E-state index >= 15 is 0 Å². The summed E-state index contributed by atoms with van der Waals surface area (Å²) < 4.78 is 5.45. The smallest absolute Gasteiger partial charge is 1.00 e. The molecule has 3 heteroatoms. The van der Waals surface area contributed by atoms with Gasteiger partial charge in [-0.15, -0.1) is 0 Å². The molecule has 0 aromatic heterocycles. The first kappa shape index (κ1) is 11.9. The first-order chi connectivity index (χ1) is 5.38. The molecule has 1 nitrogen and oxygen atoms in total. The molecule has 0 amide bonds. The molecule has 0 aliphatic heterocycles. The van der Waals surface area contributed by atoms with Gasteiger partial charge in [0.25, 0.3) is 0 Å².